The van der Waals surface area contributed by atoms with Gasteiger partial charge in [0.2, 0.25) is 0 Å². The smallest absolute Gasteiger partial charge is 0.260 e. The number of para-hydroxylation sites is 1. The first kappa shape index (κ1) is 14.3. The van der Waals surface area contributed by atoms with E-state index >= 15 is 0 Å². The molecular formula is C15H13BrN2O2S. The van der Waals surface area contributed by atoms with Gasteiger partial charge in [0.1, 0.15) is 23.0 Å². The SMILES string of the molecule is Cc1sc2nc(COc3ccccc3Br)[nH]c(=O)c2c1C. The van der Waals surface area contributed by atoms with Crippen LogP contribution in [-0.2, 0) is 6.61 Å². The molecule has 4 nitrogen and oxygen atoms in total. The lowest BCUT2D eigenvalue weighted by Gasteiger charge is -2.07. The Morgan fingerprint density at radius 3 is 2.86 bits per heavy atom. The predicted octanol–water partition coefficient (Wildman–Crippen LogP) is 3.94. The molecule has 3 rings (SSSR count). The highest BCUT2D eigenvalue weighted by Crippen LogP contribution is 2.27. The molecule has 0 saturated carbocycles. The van der Waals surface area contributed by atoms with Crippen LogP contribution in [0.25, 0.3) is 10.2 Å². The zero-order chi connectivity index (χ0) is 15.0. The first-order valence-electron chi connectivity index (χ1n) is 6.42. The van der Waals surface area contributed by atoms with Crippen LogP contribution in [0.2, 0.25) is 0 Å². The van der Waals surface area contributed by atoms with Gasteiger partial charge in [-0.25, -0.2) is 4.98 Å². The normalized spacial score (nSPS) is 11.0. The van der Waals surface area contributed by atoms with E-state index in [0.29, 0.717) is 11.2 Å². The minimum Gasteiger partial charge on any atom is -0.485 e. The van der Waals surface area contributed by atoms with Gasteiger partial charge in [0.05, 0.1) is 9.86 Å². The lowest BCUT2D eigenvalue weighted by Crippen LogP contribution is -2.13. The summed E-state index contributed by atoms with van der Waals surface area (Å²) < 4.78 is 6.56. The number of fused-ring (bicyclic) bond motifs is 1. The molecule has 3 aromatic rings. The highest BCUT2D eigenvalue weighted by molar-refractivity contribution is 9.10. The van der Waals surface area contributed by atoms with Crippen LogP contribution in [0.1, 0.15) is 16.3 Å². The number of hydrogen-bond acceptors (Lipinski definition) is 4. The number of thiophene rings is 1. The number of benzene rings is 1. The Morgan fingerprint density at radius 1 is 1.33 bits per heavy atom. The molecule has 21 heavy (non-hydrogen) atoms. The first-order valence-corrected chi connectivity index (χ1v) is 8.03. The van der Waals surface area contributed by atoms with Gasteiger partial charge in [-0.3, -0.25) is 4.79 Å². The number of aromatic nitrogens is 2. The van der Waals surface area contributed by atoms with Crippen LogP contribution in [0, 0.1) is 13.8 Å². The molecule has 2 heterocycles. The van der Waals surface area contributed by atoms with Gasteiger partial charge in [0.15, 0.2) is 0 Å². The Kier molecular flexibility index (Phi) is 3.82. The van der Waals surface area contributed by atoms with Gasteiger partial charge in [-0.05, 0) is 47.5 Å². The summed E-state index contributed by atoms with van der Waals surface area (Å²) in [6.07, 6.45) is 0. The summed E-state index contributed by atoms with van der Waals surface area (Å²) in [6.45, 7) is 4.17. The van der Waals surface area contributed by atoms with Crippen molar-refractivity contribution in [2.45, 2.75) is 20.5 Å². The van der Waals surface area contributed by atoms with Crippen LogP contribution in [0.5, 0.6) is 5.75 Å². The average molecular weight is 365 g/mol. The zero-order valence-electron chi connectivity index (χ0n) is 11.6. The number of halogens is 1. The Balaban J connectivity index is 1.92. The topological polar surface area (TPSA) is 55.0 Å². The third-order valence-corrected chi connectivity index (χ3v) is 5.05. The van der Waals surface area contributed by atoms with Gasteiger partial charge in [0.25, 0.3) is 5.56 Å². The quantitative estimate of drug-likeness (QED) is 0.765. The number of hydrogen-bond donors (Lipinski definition) is 1. The molecule has 2 aromatic heterocycles. The average Bonchev–Trinajstić information content (AvgIpc) is 2.73. The Labute approximate surface area is 133 Å². The summed E-state index contributed by atoms with van der Waals surface area (Å²) in [5.74, 6) is 1.25. The summed E-state index contributed by atoms with van der Waals surface area (Å²) in [7, 11) is 0. The second kappa shape index (κ2) is 5.61. The highest BCUT2D eigenvalue weighted by Gasteiger charge is 2.12. The number of nitrogens with zero attached hydrogens (tertiary/aromatic N) is 1. The first-order chi connectivity index (χ1) is 10.1. The summed E-state index contributed by atoms with van der Waals surface area (Å²) in [5.41, 5.74) is 0.898. The molecule has 0 aliphatic carbocycles. The number of ether oxygens (including phenoxy) is 1. The fraction of sp³-hybridized carbons (Fsp3) is 0.200. The molecule has 0 aliphatic heterocycles. The van der Waals surface area contributed by atoms with Crippen LogP contribution >= 0.6 is 27.3 Å². The summed E-state index contributed by atoms with van der Waals surface area (Å²) in [6, 6.07) is 7.58. The van der Waals surface area contributed by atoms with Crippen LogP contribution in [0.4, 0.5) is 0 Å². The maximum atomic E-state index is 12.2. The number of rotatable bonds is 3. The molecular weight excluding hydrogens is 352 g/mol. The molecule has 0 bridgehead atoms. The van der Waals surface area contributed by atoms with Gasteiger partial charge in [0, 0.05) is 4.88 Å². The molecule has 0 radical (unpaired) electrons. The zero-order valence-corrected chi connectivity index (χ0v) is 14.0. The molecule has 6 heteroatoms. The van der Waals surface area contributed by atoms with Crippen LogP contribution < -0.4 is 10.3 Å². The largest absolute Gasteiger partial charge is 0.485 e. The third kappa shape index (κ3) is 2.73. The number of aryl methyl sites for hydroxylation is 2. The van der Waals surface area contributed by atoms with Gasteiger partial charge >= 0.3 is 0 Å². The van der Waals surface area contributed by atoms with E-state index in [1.165, 1.54) is 11.3 Å². The van der Waals surface area contributed by atoms with Crippen molar-refractivity contribution in [3.8, 4) is 5.75 Å². The van der Waals surface area contributed by atoms with Crippen molar-refractivity contribution in [2.24, 2.45) is 0 Å². The van der Waals surface area contributed by atoms with Crippen molar-refractivity contribution in [1.29, 1.82) is 0 Å². The Bertz CT molecular complexity index is 870. The van der Waals surface area contributed by atoms with Crippen molar-refractivity contribution in [1.82, 2.24) is 9.97 Å². The predicted molar refractivity (Wildman–Crippen MR) is 88.2 cm³/mol. The summed E-state index contributed by atoms with van der Waals surface area (Å²) in [4.78, 5) is 21.3. The van der Waals surface area contributed by atoms with E-state index in [4.69, 9.17) is 4.74 Å². The standard InChI is InChI=1S/C15H13BrN2O2S/c1-8-9(2)21-15-13(8)14(19)17-12(18-15)7-20-11-6-4-3-5-10(11)16/h3-6H,7H2,1-2H3,(H,17,18,19). The highest BCUT2D eigenvalue weighted by atomic mass is 79.9. The second-order valence-corrected chi connectivity index (χ2v) is 6.75. The number of nitrogens with one attached hydrogen (secondary N) is 1. The molecule has 0 unspecified atom stereocenters. The number of aromatic amines is 1. The number of H-pyrrole nitrogens is 1. The lowest BCUT2D eigenvalue weighted by molar-refractivity contribution is 0.294. The van der Waals surface area contributed by atoms with Gasteiger partial charge in [-0.1, -0.05) is 12.1 Å². The molecule has 0 aliphatic rings. The molecule has 0 spiro atoms. The van der Waals surface area contributed by atoms with Crippen molar-refractivity contribution in [3.63, 3.8) is 0 Å². The Hall–Kier alpha value is -1.66. The minimum atomic E-state index is -0.104. The Morgan fingerprint density at radius 2 is 2.10 bits per heavy atom. The van der Waals surface area contributed by atoms with Crippen molar-refractivity contribution in [2.75, 3.05) is 0 Å². The van der Waals surface area contributed by atoms with E-state index in [9.17, 15) is 4.79 Å². The van der Waals surface area contributed by atoms with Gasteiger partial charge in [-0.2, -0.15) is 0 Å². The van der Waals surface area contributed by atoms with E-state index in [-0.39, 0.29) is 12.2 Å². The van der Waals surface area contributed by atoms with Crippen molar-refractivity contribution >= 4 is 37.5 Å². The molecule has 1 aromatic carbocycles. The van der Waals surface area contributed by atoms with Crippen LogP contribution in [0.15, 0.2) is 33.5 Å². The maximum absolute atomic E-state index is 12.2. The molecule has 0 amide bonds. The van der Waals surface area contributed by atoms with E-state index in [1.807, 2.05) is 38.1 Å². The summed E-state index contributed by atoms with van der Waals surface area (Å²) >= 11 is 4.96. The van der Waals surface area contributed by atoms with E-state index in [2.05, 4.69) is 25.9 Å². The van der Waals surface area contributed by atoms with E-state index < -0.39 is 0 Å². The second-order valence-electron chi connectivity index (χ2n) is 4.70. The van der Waals surface area contributed by atoms with Crippen molar-refractivity contribution < 1.29 is 4.74 Å². The van der Waals surface area contributed by atoms with E-state index in [0.717, 1.165) is 25.5 Å². The molecule has 0 saturated heterocycles. The monoisotopic (exact) mass is 364 g/mol. The van der Waals surface area contributed by atoms with Gasteiger partial charge in [-0.15, -0.1) is 11.3 Å². The lowest BCUT2D eigenvalue weighted by atomic mass is 10.2. The van der Waals surface area contributed by atoms with E-state index in [1.54, 1.807) is 0 Å². The molecule has 0 atom stereocenters. The van der Waals surface area contributed by atoms with Gasteiger partial charge < -0.3 is 9.72 Å². The minimum absolute atomic E-state index is 0.104. The maximum Gasteiger partial charge on any atom is 0.260 e. The third-order valence-electron chi connectivity index (χ3n) is 3.29. The van der Waals surface area contributed by atoms with Crippen LogP contribution in [0.3, 0.4) is 0 Å². The van der Waals surface area contributed by atoms with Crippen molar-refractivity contribution in [3.05, 3.63) is 55.4 Å². The molecule has 1 N–H and O–H groups in total. The molecule has 108 valence electrons. The molecule has 0 fully saturated rings. The fourth-order valence-corrected chi connectivity index (χ4v) is 3.52. The van der Waals surface area contributed by atoms with Crippen LogP contribution in [-0.4, -0.2) is 9.97 Å². The fourth-order valence-electron chi connectivity index (χ4n) is 2.08. The summed E-state index contributed by atoms with van der Waals surface area (Å²) in [5, 5.41) is 0.683.